The van der Waals surface area contributed by atoms with Gasteiger partial charge in [0.05, 0.1) is 16.2 Å². The standard InChI is InChI=1S/C11H11BrFN3S/c1-2-6-14-11-10(15-17-16-11)7-4-3-5-8(12)9(7)13/h3-5H,2,6H2,1H3,(H,14,16). The van der Waals surface area contributed by atoms with Crippen LogP contribution in [0.1, 0.15) is 13.3 Å². The van der Waals surface area contributed by atoms with Gasteiger partial charge >= 0.3 is 0 Å². The maximum atomic E-state index is 13.9. The van der Waals surface area contributed by atoms with Gasteiger partial charge in [-0.05, 0) is 34.5 Å². The van der Waals surface area contributed by atoms with E-state index in [2.05, 4.69) is 36.9 Å². The number of rotatable bonds is 4. The fraction of sp³-hybridized carbons (Fsp3) is 0.273. The predicted molar refractivity (Wildman–Crippen MR) is 71.8 cm³/mol. The molecular formula is C11H11BrFN3S. The molecule has 1 N–H and O–H groups in total. The summed E-state index contributed by atoms with van der Waals surface area (Å²) in [7, 11) is 0. The molecule has 2 aromatic rings. The summed E-state index contributed by atoms with van der Waals surface area (Å²) in [4.78, 5) is 0. The van der Waals surface area contributed by atoms with Crippen LogP contribution in [0.15, 0.2) is 22.7 Å². The second kappa shape index (κ2) is 5.55. The molecule has 90 valence electrons. The number of hydrogen-bond donors (Lipinski definition) is 1. The quantitative estimate of drug-likeness (QED) is 0.929. The maximum absolute atomic E-state index is 13.9. The maximum Gasteiger partial charge on any atom is 0.168 e. The molecule has 1 aromatic carbocycles. The summed E-state index contributed by atoms with van der Waals surface area (Å²) in [5.41, 5.74) is 1.04. The summed E-state index contributed by atoms with van der Waals surface area (Å²) in [5, 5.41) is 3.14. The number of nitrogens with one attached hydrogen (secondary N) is 1. The minimum atomic E-state index is -0.306. The van der Waals surface area contributed by atoms with Crippen LogP contribution in [0, 0.1) is 5.82 Å². The van der Waals surface area contributed by atoms with Crippen molar-refractivity contribution >= 4 is 33.5 Å². The average molecular weight is 316 g/mol. The molecule has 0 unspecified atom stereocenters. The smallest absolute Gasteiger partial charge is 0.168 e. The number of anilines is 1. The van der Waals surface area contributed by atoms with Crippen molar-refractivity contribution < 1.29 is 4.39 Å². The zero-order valence-electron chi connectivity index (χ0n) is 9.20. The molecule has 0 aliphatic carbocycles. The lowest BCUT2D eigenvalue weighted by molar-refractivity contribution is 0.624. The summed E-state index contributed by atoms with van der Waals surface area (Å²) in [6.07, 6.45) is 0.984. The van der Waals surface area contributed by atoms with Crippen LogP contribution < -0.4 is 5.32 Å². The van der Waals surface area contributed by atoms with Crippen molar-refractivity contribution in [2.75, 3.05) is 11.9 Å². The molecule has 3 nitrogen and oxygen atoms in total. The molecule has 2 rings (SSSR count). The summed E-state index contributed by atoms with van der Waals surface area (Å²) in [6, 6.07) is 5.15. The topological polar surface area (TPSA) is 37.8 Å². The fourth-order valence-electron chi connectivity index (χ4n) is 1.41. The highest BCUT2D eigenvalue weighted by Crippen LogP contribution is 2.31. The highest BCUT2D eigenvalue weighted by molar-refractivity contribution is 9.10. The molecule has 0 atom stereocenters. The van der Waals surface area contributed by atoms with E-state index >= 15 is 0 Å². The SMILES string of the molecule is CCCNc1nsnc1-c1cccc(Br)c1F. The van der Waals surface area contributed by atoms with E-state index in [-0.39, 0.29) is 5.82 Å². The lowest BCUT2D eigenvalue weighted by Gasteiger charge is -2.05. The molecule has 0 radical (unpaired) electrons. The predicted octanol–water partition coefficient (Wildman–Crippen LogP) is 3.93. The zero-order valence-corrected chi connectivity index (χ0v) is 11.6. The van der Waals surface area contributed by atoms with Crippen molar-refractivity contribution in [3.8, 4) is 11.3 Å². The molecule has 0 saturated carbocycles. The Balaban J connectivity index is 2.39. The average Bonchev–Trinajstić information content (AvgIpc) is 2.78. The molecule has 1 aromatic heterocycles. The number of aromatic nitrogens is 2. The second-order valence-corrected chi connectivity index (χ2v) is 4.87. The molecule has 0 aliphatic rings. The van der Waals surface area contributed by atoms with Gasteiger partial charge in [0.15, 0.2) is 5.82 Å². The number of halogens is 2. The second-order valence-electron chi connectivity index (χ2n) is 3.49. The third kappa shape index (κ3) is 2.63. The molecule has 1 heterocycles. The Morgan fingerprint density at radius 3 is 3.00 bits per heavy atom. The Bertz CT molecular complexity index is 515. The third-order valence-corrected chi connectivity index (χ3v) is 3.38. The van der Waals surface area contributed by atoms with Crippen LogP contribution in [0.2, 0.25) is 0 Å². The first-order valence-electron chi connectivity index (χ1n) is 5.25. The lowest BCUT2D eigenvalue weighted by atomic mass is 10.1. The Morgan fingerprint density at radius 2 is 2.24 bits per heavy atom. The van der Waals surface area contributed by atoms with Gasteiger partial charge in [-0.3, -0.25) is 0 Å². The summed E-state index contributed by atoms with van der Waals surface area (Å²) in [6.45, 7) is 2.86. The molecule has 6 heteroatoms. The van der Waals surface area contributed by atoms with Crippen molar-refractivity contribution in [1.82, 2.24) is 8.75 Å². The van der Waals surface area contributed by atoms with Crippen molar-refractivity contribution in [3.05, 3.63) is 28.5 Å². The van der Waals surface area contributed by atoms with E-state index in [0.717, 1.165) is 24.7 Å². The summed E-state index contributed by atoms with van der Waals surface area (Å²) in [5.74, 6) is 0.341. The highest BCUT2D eigenvalue weighted by Gasteiger charge is 2.15. The Morgan fingerprint density at radius 1 is 1.41 bits per heavy atom. The molecule has 0 fully saturated rings. The minimum Gasteiger partial charge on any atom is -0.367 e. The Hall–Kier alpha value is -1.01. The monoisotopic (exact) mass is 315 g/mol. The van der Waals surface area contributed by atoms with Gasteiger partial charge in [-0.1, -0.05) is 13.0 Å². The van der Waals surface area contributed by atoms with Gasteiger partial charge in [0.25, 0.3) is 0 Å². The van der Waals surface area contributed by atoms with Crippen LogP contribution >= 0.6 is 27.7 Å². The van der Waals surface area contributed by atoms with E-state index < -0.39 is 0 Å². The number of hydrogen-bond acceptors (Lipinski definition) is 4. The largest absolute Gasteiger partial charge is 0.367 e. The van der Waals surface area contributed by atoms with E-state index in [1.54, 1.807) is 18.2 Å². The first-order chi connectivity index (χ1) is 8.24. The first-order valence-corrected chi connectivity index (χ1v) is 6.77. The third-order valence-electron chi connectivity index (χ3n) is 2.24. The Kier molecular flexibility index (Phi) is 4.06. The molecule has 0 spiro atoms. The minimum absolute atomic E-state index is 0.306. The fourth-order valence-corrected chi connectivity index (χ4v) is 2.32. The number of nitrogens with zero attached hydrogens (tertiary/aromatic N) is 2. The van der Waals surface area contributed by atoms with E-state index in [1.165, 1.54) is 0 Å². The van der Waals surface area contributed by atoms with Gasteiger partial charge in [0, 0.05) is 12.1 Å². The van der Waals surface area contributed by atoms with E-state index in [0.29, 0.717) is 21.5 Å². The highest BCUT2D eigenvalue weighted by atomic mass is 79.9. The summed E-state index contributed by atoms with van der Waals surface area (Å²) >= 11 is 4.25. The van der Waals surface area contributed by atoms with Gasteiger partial charge in [-0.2, -0.15) is 8.75 Å². The Labute approximate surface area is 112 Å². The molecular weight excluding hydrogens is 305 g/mol. The van der Waals surface area contributed by atoms with Crippen molar-refractivity contribution in [2.45, 2.75) is 13.3 Å². The molecule has 0 bridgehead atoms. The molecule has 0 amide bonds. The van der Waals surface area contributed by atoms with Crippen LogP contribution in [0.3, 0.4) is 0 Å². The van der Waals surface area contributed by atoms with Crippen molar-refractivity contribution in [3.63, 3.8) is 0 Å². The first kappa shape index (κ1) is 12.4. The van der Waals surface area contributed by atoms with E-state index in [1.807, 2.05) is 0 Å². The van der Waals surface area contributed by atoms with E-state index in [4.69, 9.17) is 0 Å². The number of benzene rings is 1. The molecule has 0 saturated heterocycles. The summed E-state index contributed by atoms with van der Waals surface area (Å²) < 4.78 is 22.7. The van der Waals surface area contributed by atoms with Crippen LogP contribution in [0.25, 0.3) is 11.3 Å². The molecule has 0 aliphatic heterocycles. The van der Waals surface area contributed by atoms with E-state index in [9.17, 15) is 4.39 Å². The van der Waals surface area contributed by atoms with Crippen LogP contribution in [0.4, 0.5) is 10.2 Å². The van der Waals surface area contributed by atoms with Gasteiger partial charge < -0.3 is 5.32 Å². The van der Waals surface area contributed by atoms with Crippen LogP contribution in [-0.2, 0) is 0 Å². The van der Waals surface area contributed by atoms with Crippen LogP contribution in [0.5, 0.6) is 0 Å². The van der Waals surface area contributed by atoms with Crippen LogP contribution in [-0.4, -0.2) is 15.3 Å². The van der Waals surface area contributed by atoms with Gasteiger partial charge in [0.1, 0.15) is 11.5 Å². The lowest BCUT2D eigenvalue weighted by Crippen LogP contribution is -2.01. The van der Waals surface area contributed by atoms with Crippen molar-refractivity contribution in [2.24, 2.45) is 0 Å². The van der Waals surface area contributed by atoms with Gasteiger partial charge in [-0.15, -0.1) is 0 Å². The van der Waals surface area contributed by atoms with Gasteiger partial charge in [0.2, 0.25) is 0 Å². The van der Waals surface area contributed by atoms with Crippen molar-refractivity contribution in [1.29, 1.82) is 0 Å². The molecule has 17 heavy (non-hydrogen) atoms. The normalized spacial score (nSPS) is 10.5. The van der Waals surface area contributed by atoms with Gasteiger partial charge in [-0.25, -0.2) is 4.39 Å². The zero-order chi connectivity index (χ0) is 12.3.